The first-order valence-electron chi connectivity index (χ1n) is 9.80. The minimum Gasteiger partial charge on any atom is -0.339 e. The summed E-state index contributed by atoms with van der Waals surface area (Å²) in [6.07, 6.45) is 1.52. The van der Waals surface area contributed by atoms with Gasteiger partial charge in [0.25, 0.3) is 11.8 Å². The van der Waals surface area contributed by atoms with E-state index in [9.17, 15) is 9.59 Å². The second-order valence-electron chi connectivity index (χ2n) is 6.62. The number of pyridine rings is 1. The van der Waals surface area contributed by atoms with Crippen LogP contribution >= 0.6 is 0 Å². The molecule has 0 aliphatic heterocycles. The first-order valence-corrected chi connectivity index (χ1v) is 9.80. The van der Waals surface area contributed by atoms with Crippen LogP contribution in [0.15, 0.2) is 79.0 Å². The number of rotatable bonds is 7. The summed E-state index contributed by atoms with van der Waals surface area (Å²) in [7, 11) is 0. The molecule has 1 heterocycles. The van der Waals surface area contributed by atoms with Crippen molar-refractivity contribution in [3.8, 4) is 0 Å². The zero-order chi connectivity index (χ0) is 20.6. The molecule has 29 heavy (non-hydrogen) atoms. The van der Waals surface area contributed by atoms with E-state index >= 15 is 0 Å². The molecule has 3 aromatic rings. The van der Waals surface area contributed by atoms with Gasteiger partial charge in [0.2, 0.25) is 0 Å². The Balaban J connectivity index is 1.94. The van der Waals surface area contributed by atoms with Gasteiger partial charge in [-0.25, -0.2) is 0 Å². The Bertz CT molecular complexity index is 954. The molecule has 0 radical (unpaired) electrons. The molecule has 2 aromatic carbocycles. The van der Waals surface area contributed by atoms with Crippen LogP contribution in [0.25, 0.3) is 0 Å². The molecule has 0 aliphatic rings. The van der Waals surface area contributed by atoms with Crippen LogP contribution in [-0.2, 0) is 6.54 Å². The van der Waals surface area contributed by atoms with E-state index < -0.39 is 0 Å². The fourth-order valence-electron chi connectivity index (χ4n) is 3.17. The molecule has 2 amide bonds. The van der Waals surface area contributed by atoms with Crippen LogP contribution < -0.4 is 4.90 Å². The lowest BCUT2D eigenvalue weighted by molar-refractivity contribution is 0.0773. The second-order valence-corrected chi connectivity index (χ2v) is 6.62. The number of hydrogen-bond acceptors (Lipinski definition) is 3. The molecule has 0 bridgehead atoms. The molecule has 5 heteroatoms. The van der Waals surface area contributed by atoms with Crippen molar-refractivity contribution in [1.82, 2.24) is 9.88 Å². The largest absolute Gasteiger partial charge is 0.339 e. The van der Waals surface area contributed by atoms with Crippen LogP contribution in [0.4, 0.5) is 5.69 Å². The Labute approximate surface area is 171 Å². The zero-order valence-electron chi connectivity index (χ0n) is 16.8. The Kier molecular flexibility index (Phi) is 6.74. The van der Waals surface area contributed by atoms with Crippen LogP contribution in [0, 0.1) is 0 Å². The summed E-state index contributed by atoms with van der Waals surface area (Å²) in [6.45, 7) is 5.52. The summed E-state index contributed by atoms with van der Waals surface area (Å²) in [6, 6.07) is 22.5. The van der Waals surface area contributed by atoms with Crippen molar-refractivity contribution in [2.24, 2.45) is 0 Å². The second kappa shape index (κ2) is 9.64. The summed E-state index contributed by atoms with van der Waals surface area (Å²) in [5, 5.41) is 0. The number of carbonyl (C=O) groups is 2. The van der Waals surface area contributed by atoms with Gasteiger partial charge in [0.1, 0.15) is 5.69 Å². The number of carbonyl (C=O) groups excluding carboxylic acids is 2. The van der Waals surface area contributed by atoms with Crippen molar-refractivity contribution in [2.75, 3.05) is 18.0 Å². The highest BCUT2D eigenvalue weighted by Gasteiger charge is 2.21. The van der Waals surface area contributed by atoms with E-state index in [2.05, 4.69) is 4.98 Å². The maximum absolute atomic E-state index is 13.4. The Morgan fingerprint density at radius 1 is 0.828 bits per heavy atom. The zero-order valence-corrected chi connectivity index (χ0v) is 16.8. The Hall–Kier alpha value is -3.47. The summed E-state index contributed by atoms with van der Waals surface area (Å²) < 4.78 is 0. The fraction of sp³-hybridized carbons (Fsp3) is 0.208. The topological polar surface area (TPSA) is 53.5 Å². The van der Waals surface area contributed by atoms with E-state index in [4.69, 9.17) is 0 Å². The predicted octanol–water partition coefficient (Wildman–Crippen LogP) is 4.41. The third-order valence-corrected chi connectivity index (χ3v) is 4.77. The van der Waals surface area contributed by atoms with Crippen LogP contribution in [0.3, 0.4) is 0 Å². The lowest BCUT2D eigenvalue weighted by atomic mass is 10.1. The summed E-state index contributed by atoms with van der Waals surface area (Å²) in [5.41, 5.74) is 2.52. The van der Waals surface area contributed by atoms with Gasteiger partial charge in [-0.1, -0.05) is 48.5 Å². The average Bonchev–Trinajstić information content (AvgIpc) is 2.79. The van der Waals surface area contributed by atoms with Gasteiger partial charge < -0.3 is 9.80 Å². The van der Waals surface area contributed by atoms with Crippen LogP contribution in [0.5, 0.6) is 0 Å². The molecule has 0 saturated heterocycles. The normalized spacial score (nSPS) is 10.4. The molecule has 0 saturated carbocycles. The average molecular weight is 387 g/mol. The number of anilines is 1. The molecular formula is C24H25N3O2. The molecule has 3 rings (SSSR count). The van der Waals surface area contributed by atoms with Crippen LogP contribution in [-0.4, -0.2) is 34.8 Å². The molecule has 1 aromatic heterocycles. The van der Waals surface area contributed by atoms with Crippen molar-refractivity contribution >= 4 is 17.5 Å². The predicted molar refractivity (Wildman–Crippen MR) is 115 cm³/mol. The van der Waals surface area contributed by atoms with Crippen molar-refractivity contribution in [2.45, 2.75) is 20.4 Å². The van der Waals surface area contributed by atoms with Gasteiger partial charge >= 0.3 is 0 Å². The highest BCUT2D eigenvalue weighted by atomic mass is 16.2. The molecule has 0 atom stereocenters. The monoisotopic (exact) mass is 387 g/mol. The molecule has 5 nitrogen and oxygen atoms in total. The Morgan fingerprint density at radius 3 is 2.07 bits per heavy atom. The summed E-state index contributed by atoms with van der Waals surface area (Å²) in [4.78, 5) is 33.7. The summed E-state index contributed by atoms with van der Waals surface area (Å²) >= 11 is 0. The number of hydrogen-bond donors (Lipinski definition) is 0. The molecule has 0 unspecified atom stereocenters. The molecular weight excluding hydrogens is 362 g/mol. The maximum Gasteiger partial charge on any atom is 0.277 e. The minimum absolute atomic E-state index is 0.0965. The van der Waals surface area contributed by atoms with E-state index in [-0.39, 0.29) is 17.5 Å². The van der Waals surface area contributed by atoms with Crippen molar-refractivity contribution in [3.63, 3.8) is 0 Å². The first kappa shape index (κ1) is 20.3. The van der Waals surface area contributed by atoms with E-state index in [0.717, 1.165) is 11.3 Å². The summed E-state index contributed by atoms with van der Waals surface area (Å²) in [5.74, 6) is -0.338. The standard InChI is InChI=1S/C24H25N3O2/c1-3-26(4-2)23(28)20-15-16-25-22(17-20)24(29)27(21-13-9-6-10-14-21)18-19-11-7-5-8-12-19/h5-17H,3-4,18H2,1-2H3. The highest BCUT2D eigenvalue weighted by Crippen LogP contribution is 2.20. The van der Waals surface area contributed by atoms with Crippen molar-refractivity contribution < 1.29 is 9.59 Å². The number of nitrogens with zero attached hydrogens (tertiary/aromatic N) is 3. The number of benzene rings is 2. The molecule has 0 spiro atoms. The van der Waals surface area contributed by atoms with Gasteiger partial charge in [-0.2, -0.15) is 0 Å². The molecule has 0 N–H and O–H groups in total. The van der Waals surface area contributed by atoms with Crippen molar-refractivity contribution in [1.29, 1.82) is 0 Å². The quantitative estimate of drug-likeness (QED) is 0.603. The SMILES string of the molecule is CCN(CC)C(=O)c1ccnc(C(=O)N(Cc2ccccc2)c2ccccc2)c1. The van der Waals surface area contributed by atoms with Gasteiger partial charge in [0.15, 0.2) is 0 Å². The number of para-hydroxylation sites is 1. The van der Waals surface area contributed by atoms with Gasteiger partial charge in [0, 0.05) is 30.5 Å². The molecule has 0 aliphatic carbocycles. The molecule has 0 fully saturated rings. The third-order valence-electron chi connectivity index (χ3n) is 4.77. The van der Waals surface area contributed by atoms with Gasteiger partial charge in [-0.05, 0) is 43.7 Å². The number of amides is 2. The van der Waals surface area contributed by atoms with Crippen molar-refractivity contribution in [3.05, 3.63) is 95.8 Å². The first-order chi connectivity index (χ1) is 14.1. The van der Waals surface area contributed by atoms with Crippen LogP contribution in [0.2, 0.25) is 0 Å². The van der Waals surface area contributed by atoms with E-state index in [0.29, 0.717) is 25.2 Å². The fourth-order valence-corrected chi connectivity index (χ4v) is 3.17. The molecule has 148 valence electrons. The van der Waals surface area contributed by atoms with E-state index in [1.807, 2.05) is 74.5 Å². The lowest BCUT2D eigenvalue weighted by Crippen LogP contribution is -2.32. The lowest BCUT2D eigenvalue weighted by Gasteiger charge is -2.23. The van der Waals surface area contributed by atoms with Gasteiger partial charge in [-0.3, -0.25) is 14.6 Å². The number of aromatic nitrogens is 1. The smallest absolute Gasteiger partial charge is 0.277 e. The maximum atomic E-state index is 13.4. The van der Waals surface area contributed by atoms with Gasteiger partial charge in [-0.15, -0.1) is 0 Å². The minimum atomic E-state index is -0.241. The Morgan fingerprint density at radius 2 is 1.45 bits per heavy atom. The van der Waals surface area contributed by atoms with Crippen LogP contribution in [0.1, 0.15) is 40.3 Å². The van der Waals surface area contributed by atoms with E-state index in [1.54, 1.807) is 21.9 Å². The van der Waals surface area contributed by atoms with E-state index in [1.165, 1.54) is 6.20 Å². The third kappa shape index (κ3) is 4.88. The highest BCUT2D eigenvalue weighted by molar-refractivity contribution is 6.06. The van der Waals surface area contributed by atoms with Gasteiger partial charge in [0.05, 0.1) is 6.54 Å².